The zero-order valence-corrected chi connectivity index (χ0v) is 8.13. The molecule has 0 atom stereocenters. The van der Waals surface area contributed by atoms with Gasteiger partial charge in [-0.05, 0) is 17.7 Å². The molecular weight excluding hydrogens is 185 g/mol. The number of methoxy groups -OCH3 is 1. The van der Waals surface area contributed by atoms with E-state index in [0.717, 1.165) is 5.56 Å². The molecule has 0 aliphatic heterocycles. The van der Waals surface area contributed by atoms with Crippen molar-refractivity contribution in [3.05, 3.63) is 29.6 Å². The predicted octanol–water partition coefficient (Wildman–Crippen LogP) is 1.31. The lowest BCUT2D eigenvalue weighted by molar-refractivity contribution is 0.144. The van der Waals surface area contributed by atoms with Crippen LogP contribution in [0, 0.1) is 5.82 Å². The van der Waals surface area contributed by atoms with Crippen LogP contribution in [0.2, 0.25) is 0 Å². The van der Waals surface area contributed by atoms with Crippen molar-refractivity contribution in [3.8, 4) is 5.75 Å². The molecule has 0 spiro atoms. The van der Waals surface area contributed by atoms with Gasteiger partial charge < -0.3 is 15.2 Å². The molecule has 2 N–H and O–H groups in total. The molecule has 3 nitrogen and oxygen atoms in total. The summed E-state index contributed by atoms with van der Waals surface area (Å²) in [4.78, 5) is 0. The number of rotatable bonds is 5. The van der Waals surface area contributed by atoms with E-state index < -0.39 is 0 Å². The molecule has 0 heterocycles. The summed E-state index contributed by atoms with van der Waals surface area (Å²) < 4.78 is 23.1. The predicted molar refractivity (Wildman–Crippen MR) is 51.7 cm³/mol. The van der Waals surface area contributed by atoms with Gasteiger partial charge in [0.15, 0.2) is 11.6 Å². The van der Waals surface area contributed by atoms with Crippen molar-refractivity contribution >= 4 is 0 Å². The number of hydrogen-bond donors (Lipinski definition) is 1. The van der Waals surface area contributed by atoms with Crippen molar-refractivity contribution in [3.63, 3.8) is 0 Å². The van der Waals surface area contributed by atoms with Crippen LogP contribution in [0.25, 0.3) is 0 Å². The van der Waals surface area contributed by atoms with Crippen LogP contribution < -0.4 is 10.5 Å². The molecule has 0 saturated heterocycles. The zero-order valence-electron chi connectivity index (χ0n) is 8.13. The van der Waals surface area contributed by atoms with Crippen LogP contribution in [0.3, 0.4) is 0 Å². The Morgan fingerprint density at radius 3 is 2.79 bits per heavy atom. The molecule has 0 bridgehead atoms. The van der Waals surface area contributed by atoms with Gasteiger partial charge in [0.05, 0.1) is 6.61 Å². The Morgan fingerprint density at radius 1 is 1.36 bits per heavy atom. The Hall–Kier alpha value is -1.13. The second-order valence-electron chi connectivity index (χ2n) is 2.81. The summed E-state index contributed by atoms with van der Waals surface area (Å²) in [6.07, 6.45) is 0. The molecule has 0 saturated carbocycles. The third-order valence-corrected chi connectivity index (χ3v) is 1.78. The quantitative estimate of drug-likeness (QED) is 0.727. The molecule has 0 amide bonds. The first-order valence-corrected chi connectivity index (χ1v) is 4.38. The van der Waals surface area contributed by atoms with Crippen LogP contribution in [-0.4, -0.2) is 20.3 Å². The molecule has 4 heteroatoms. The van der Waals surface area contributed by atoms with E-state index in [4.69, 9.17) is 15.2 Å². The maximum Gasteiger partial charge on any atom is 0.165 e. The Bertz CT molecular complexity index is 291. The fourth-order valence-corrected chi connectivity index (χ4v) is 1.02. The molecule has 0 radical (unpaired) electrons. The Labute approximate surface area is 82.6 Å². The molecule has 0 aromatic heterocycles. The summed E-state index contributed by atoms with van der Waals surface area (Å²) in [7, 11) is 1.57. The number of halogens is 1. The topological polar surface area (TPSA) is 44.5 Å². The van der Waals surface area contributed by atoms with E-state index in [1.54, 1.807) is 19.2 Å². The van der Waals surface area contributed by atoms with Crippen LogP contribution in [0.15, 0.2) is 18.2 Å². The molecule has 0 unspecified atom stereocenters. The minimum atomic E-state index is -0.377. The summed E-state index contributed by atoms with van der Waals surface area (Å²) in [5.41, 5.74) is 6.27. The number of hydrogen-bond acceptors (Lipinski definition) is 3. The smallest absolute Gasteiger partial charge is 0.165 e. The molecule has 1 rings (SSSR count). The normalized spacial score (nSPS) is 10.2. The van der Waals surface area contributed by atoms with Crippen molar-refractivity contribution in [1.29, 1.82) is 0 Å². The van der Waals surface area contributed by atoms with E-state index in [1.807, 2.05) is 0 Å². The highest BCUT2D eigenvalue weighted by atomic mass is 19.1. The van der Waals surface area contributed by atoms with Gasteiger partial charge in [0.2, 0.25) is 0 Å². The largest absolute Gasteiger partial charge is 0.488 e. The average molecular weight is 199 g/mol. The number of ether oxygens (including phenoxy) is 2. The van der Waals surface area contributed by atoms with Crippen molar-refractivity contribution in [1.82, 2.24) is 0 Å². The van der Waals surface area contributed by atoms with Gasteiger partial charge in [-0.15, -0.1) is 0 Å². The first kappa shape index (κ1) is 10.9. The van der Waals surface area contributed by atoms with E-state index in [1.165, 1.54) is 6.07 Å². The summed E-state index contributed by atoms with van der Waals surface area (Å²) in [6, 6.07) is 4.59. The molecule has 0 fully saturated rings. The van der Waals surface area contributed by atoms with Crippen LogP contribution in [0.4, 0.5) is 4.39 Å². The third-order valence-electron chi connectivity index (χ3n) is 1.78. The highest BCUT2D eigenvalue weighted by Crippen LogP contribution is 2.18. The van der Waals surface area contributed by atoms with Gasteiger partial charge in [0.1, 0.15) is 6.61 Å². The lowest BCUT2D eigenvalue weighted by Crippen LogP contribution is -2.06. The van der Waals surface area contributed by atoms with Gasteiger partial charge in [-0.3, -0.25) is 0 Å². The van der Waals surface area contributed by atoms with Crippen molar-refractivity contribution in [2.75, 3.05) is 20.3 Å². The summed E-state index contributed by atoms with van der Waals surface area (Å²) in [5.74, 6) is -0.150. The van der Waals surface area contributed by atoms with E-state index in [2.05, 4.69) is 0 Å². The molecule has 0 aliphatic carbocycles. The van der Waals surface area contributed by atoms with E-state index in [9.17, 15) is 4.39 Å². The maximum atomic E-state index is 13.1. The van der Waals surface area contributed by atoms with Crippen LogP contribution in [0.1, 0.15) is 5.56 Å². The van der Waals surface area contributed by atoms with Crippen molar-refractivity contribution < 1.29 is 13.9 Å². The lowest BCUT2D eigenvalue weighted by Gasteiger charge is -2.07. The van der Waals surface area contributed by atoms with E-state index >= 15 is 0 Å². The fraction of sp³-hybridized carbons (Fsp3) is 0.400. The van der Waals surface area contributed by atoms with Crippen molar-refractivity contribution in [2.45, 2.75) is 6.54 Å². The van der Waals surface area contributed by atoms with Crippen LogP contribution in [0.5, 0.6) is 5.75 Å². The average Bonchev–Trinajstić information content (AvgIpc) is 2.21. The summed E-state index contributed by atoms with van der Waals surface area (Å²) in [6.45, 7) is 1.15. The third kappa shape index (κ3) is 2.97. The van der Waals surface area contributed by atoms with E-state index in [-0.39, 0.29) is 11.6 Å². The first-order chi connectivity index (χ1) is 6.77. The van der Waals surface area contributed by atoms with Crippen molar-refractivity contribution in [2.24, 2.45) is 5.73 Å². The van der Waals surface area contributed by atoms with Gasteiger partial charge in [0, 0.05) is 13.7 Å². The van der Waals surface area contributed by atoms with Crippen LogP contribution >= 0.6 is 0 Å². The Balaban J connectivity index is 2.64. The second-order valence-corrected chi connectivity index (χ2v) is 2.81. The Morgan fingerprint density at radius 2 is 2.14 bits per heavy atom. The van der Waals surface area contributed by atoms with E-state index in [0.29, 0.717) is 19.8 Å². The fourth-order valence-electron chi connectivity index (χ4n) is 1.02. The maximum absolute atomic E-state index is 13.1. The van der Waals surface area contributed by atoms with Gasteiger partial charge in [-0.1, -0.05) is 6.07 Å². The zero-order chi connectivity index (χ0) is 10.4. The molecule has 14 heavy (non-hydrogen) atoms. The minimum Gasteiger partial charge on any atom is -0.488 e. The van der Waals surface area contributed by atoms with Gasteiger partial charge in [-0.2, -0.15) is 0 Å². The molecule has 1 aromatic carbocycles. The summed E-state index contributed by atoms with van der Waals surface area (Å²) in [5, 5.41) is 0. The SMILES string of the molecule is COCCOc1cc(CN)ccc1F. The summed E-state index contributed by atoms with van der Waals surface area (Å²) >= 11 is 0. The minimum absolute atomic E-state index is 0.227. The number of benzene rings is 1. The highest BCUT2D eigenvalue weighted by molar-refractivity contribution is 5.30. The highest BCUT2D eigenvalue weighted by Gasteiger charge is 2.03. The second kappa shape index (κ2) is 5.57. The molecular formula is C10H14FNO2. The standard InChI is InChI=1S/C10H14FNO2/c1-13-4-5-14-10-6-8(7-12)2-3-9(10)11/h2-3,6H,4-5,7,12H2,1H3. The number of nitrogens with two attached hydrogens (primary N) is 1. The molecule has 78 valence electrons. The Kier molecular flexibility index (Phi) is 4.35. The van der Waals surface area contributed by atoms with Crippen LogP contribution in [-0.2, 0) is 11.3 Å². The van der Waals surface area contributed by atoms with Gasteiger partial charge in [-0.25, -0.2) is 4.39 Å². The first-order valence-electron chi connectivity index (χ1n) is 4.38. The molecule has 1 aromatic rings. The monoisotopic (exact) mass is 199 g/mol. The lowest BCUT2D eigenvalue weighted by atomic mass is 10.2. The molecule has 0 aliphatic rings. The van der Waals surface area contributed by atoms with Gasteiger partial charge >= 0.3 is 0 Å². The van der Waals surface area contributed by atoms with Gasteiger partial charge in [0.25, 0.3) is 0 Å².